The number of aliphatic hydroxyl groups excluding tert-OH is 1. The molecule has 23 heavy (non-hydrogen) atoms. The maximum Gasteiger partial charge on any atom is 0.253 e. The molecule has 1 amide bonds. The molecule has 0 saturated heterocycles. The Morgan fingerprint density at radius 2 is 2.13 bits per heavy atom. The average molecular weight is 312 g/mol. The molecule has 5 heteroatoms. The molecule has 0 fully saturated rings. The van der Waals surface area contributed by atoms with Crippen LogP contribution in [0.15, 0.2) is 36.7 Å². The quantitative estimate of drug-likeness (QED) is 0.908. The lowest BCUT2D eigenvalue weighted by molar-refractivity contribution is 0.0869. The smallest absolute Gasteiger partial charge is 0.253 e. The van der Waals surface area contributed by atoms with Gasteiger partial charge in [-0.1, -0.05) is 6.07 Å². The van der Waals surface area contributed by atoms with Crippen molar-refractivity contribution < 1.29 is 14.6 Å². The van der Waals surface area contributed by atoms with Crippen molar-refractivity contribution in [3.8, 4) is 16.9 Å². The summed E-state index contributed by atoms with van der Waals surface area (Å²) in [6, 6.07) is 7.83. The van der Waals surface area contributed by atoms with E-state index in [0.717, 1.165) is 29.9 Å². The number of fused-ring (bicyclic) bond motifs is 1. The maximum absolute atomic E-state index is 12.3. The fourth-order valence-electron chi connectivity index (χ4n) is 2.51. The number of pyridine rings is 1. The van der Waals surface area contributed by atoms with Crippen molar-refractivity contribution in [3.05, 3.63) is 47.8 Å². The Bertz CT molecular complexity index is 741. The molecule has 0 spiro atoms. The summed E-state index contributed by atoms with van der Waals surface area (Å²) in [5.41, 5.74) is 2.88. The Kier molecular flexibility index (Phi) is 4.05. The van der Waals surface area contributed by atoms with Crippen molar-refractivity contribution in [2.45, 2.75) is 25.8 Å². The van der Waals surface area contributed by atoms with Gasteiger partial charge in [-0.15, -0.1) is 0 Å². The molecule has 1 aliphatic heterocycles. The van der Waals surface area contributed by atoms with Crippen LogP contribution >= 0.6 is 0 Å². The van der Waals surface area contributed by atoms with E-state index in [0.29, 0.717) is 5.56 Å². The van der Waals surface area contributed by atoms with Crippen LogP contribution in [0, 0.1) is 0 Å². The van der Waals surface area contributed by atoms with Crippen LogP contribution in [0.1, 0.15) is 29.8 Å². The van der Waals surface area contributed by atoms with Crippen molar-refractivity contribution in [2.75, 3.05) is 13.2 Å². The number of ether oxygens (including phenoxy) is 1. The predicted octanol–water partition coefficient (Wildman–Crippen LogP) is 2.18. The van der Waals surface area contributed by atoms with Crippen molar-refractivity contribution >= 4 is 5.91 Å². The van der Waals surface area contributed by atoms with Crippen molar-refractivity contribution in [1.82, 2.24) is 10.3 Å². The summed E-state index contributed by atoms with van der Waals surface area (Å²) in [7, 11) is 0. The molecule has 0 saturated carbocycles. The number of hydrogen-bond donors (Lipinski definition) is 2. The third kappa shape index (κ3) is 3.35. The lowest BCUT2D eigenvalue weighted by Gasteiger charge is -2.23. The summed E-state index contributed by atoms with van der Waals surface area (Å²) in [5, 5.41) is 12.1. The molecule has 120 valence electrons. The van der Waals surface area contributed by atoms with Gasteiger partial charge < -0.3 is 15.2 Å². The predicted molar refractivity (Wildman–Crippen MR) is 87.5 cm³/mol. The second kappa shape index (κ2) is 6.01. The van der Waals surface area contributed by atoms with Gasteiger partial charge in [-0.05, 0) is 43.2 Å². The van der Waals surface area contributed by atoms with Crippen LogP contribution in [0.4, 0.5) is 0 Å². The highest BCUT2D eigenvalue weighted by Crippen LogP contribution is 2.30. The number of hydrogen-bond acceptors (Lipinski definition) is 4. The summed E-state index contributed by atoms with van der Waals surface area (Å²) in [4.78, 5) is 16.5. The highest BCUT2D eigenvalue weighted by Gasteiger charge is 2.20. The van der Waals surface area contributed by atoms with Gasteiger partial charge in [0.1, 0.15) is 5.75 Å². The molecule has 0 radical (unpaired) electrons. The summed E-state index contributed by atoms with van der Waals surface area (Å²) in [6.07, 6.45) is 4.18. The van der Waals surface area contributed by atoms with Crippen molar-refractivity contribution in [3.63, 3.8) is 0 Å². The number of carbonyl (C=O) groups is 1. The zero-order valence-corrected chi connectivity index (χ0v) is 13.3. The molecule has 1 aromatic heterocycles. The topological polar surface area (TPSA) is 71.5 Å². The van der Waals surface area contributed by atoms with Crippen LogP contribution in [-0.2, 0) is 6.42 Å². The summed E-state index contributed by atoms with van der Waals surface area (Å²) < 4.78 is 5.52. The van der Waals surface area contributed by atoms with Crippen molar-refractivity contribution in [2.24, 2.45) is 0 Å². The molecular formula is C18H20N2O3. The summed E-state index contributed by atoms with van der Waals surface area (Å²) >= 11 is 0. The first kappa shape index (κ1) is 15.5. The highest BCUT2D eigenvalue weighted by atomic mass is 16.5. The summed E-state index contributed by atoms with van der Waals surface area (Å²) in [5.74, 6) is 0.684. The normalized spacial score (nSPS) is 13.3. The van der Waals surface area contributed by atoms with Crippen molar-refractivity contribution in [1.29, 1.82) is 0 Å². The number of aliphatic hydroxyl groups is 1. The van der Waals surface area contributed by atoms with Gasteiger partial charge in [0.2, 0.25) is 0 Å². The van der Waals surface area contributed by atoms with Gasteiger partial charge in [0.05, 0.1) is 24.3 Å². The molecule has 0 atom stereocenters. The molecule has 1 aromatic carbocycles. The van der Waals surface area contributed by atoms with Crippen LogP contribution in [0.5, 0.6) is 5.75 Å². The van der Waals surface area contributed by atoms with E-state index >= 15 is 0 Å². The Balaban J connectivity index is 1.87. The maximum atomic E-state index is 12.3. The van der Waals surface area contributed by atoms with Crippen LogP contribution in [0.2, 0.25) is 0 Å². The lowest BCUT2D eigenvalue weighted by Crippen LogP contribution is -2.46. The SMILES string of the molecule is CC(C)(CO)NC(=O)c1cncc(-c2ccc3c(c2)CCO3)c1. The first-order valence-corrected chi connectivity index (χ1v) is 7.63. The molecule has 2 aromatic rings. The first-order valence-electron chi connectivity index (χ1n) is 7.63. The van der Waals surface area contributed by atoms with E-state index in [1.165, 1.54) is 11.8 Å². The second-order valence-electron chi connectivity index (χ2n) is 6.38. The minimum absolute atomic E-state index is 0.128. The number of benzene rings is 1. The Hall–Kier alpha value is -2.40. The van der Waals surface area contributed by atoms with E-state index < -0.39 is 5.54 Å². The zero-order chi connectivity index (χ0) is 16.4. The third-order valence-corrected chi connectivity index (χ3v) is 3.87. The molecule has 5 nitrogen and oxygen atoms in total. The van der Waals surface area contributed by atoms with Crippen LogP contribution in [0.3, 0.4) is 0 Å². The number of amides is 1. The van der Waals surface area contributed by atoms with Crippen LogP contribution < -0.4 is 10.1 Å². The molecule has 3 rings (SSSR count). The van der Waals surface area contributed by atoms with E-state index in [2.05, 4.69) is 16.4 Å². The fourth-order valence-corrected chi connectivity index (χ4v) is 2.51. The number of aromatic nitrogens is 1. The van der Waals surface area contributed by atoms with E-state index in [9.17, 15) is 9.90 Å². The third-order valence-electron chi connectivity index (χ3n) is 3.87. The van der Waals surface area contributed by atoms with E-state index in [1.807, 2.05) is 18.2 Å². The molecule has 0 unspecified atom stereocenters. The largest absolute Gasteiger partial charge is 0.493 e. The van der Waals surface area contributed by atoms with Gasteiger partial charge in [0.15, 0.2) is 0 Å². The first-order chi connectivity index (χ1) is 11.0. The minimum Gasteiger partial charge on any atom is -0.493 e. The van der Waals surface area contributed by atoms with Gasteiger partial charge in [-0.25, -0.2) is 0 Å². The molecule has 2 heterocycles. The number of carbonyl (C=O) groups excluding carboxylic acids is 1. The van der Waals surface area contributed by atoms with Gasteiger partial charge in [-0.3, -0.25) is 9.78 Å². The Morgan fingerprint density at radius 1 is 1.30 bits per heavy atom. The van der Waals surface area contributed by atoms with Gasteiger partial charge in [-0.2, -0.15) is 0 Å². The van der Waals surface area contributed by atoms with E-state index in [1.54, 1.807) is 20.0 Å². The summed E-state index contributed by atoms with van der Waals surface area (Å²) in [6.45, 7) is 4.12. The van der Waals surface area contributed by atoms with E-state index in [4.69, 9.17) is 4.74 Å². The standard InChI is InChI=1S/C18H20N2O3/c1-18(2,11-21)20-17(22)15-8-14(9-19-10-15)12-3-4-16-13(7-12)5-6-23-16/h3-4,7-10,21H,5-6,11H2,1-2H3,(H,20,22). The number of rotatable bonds is 4. The molecule has 0 aliphatic carbocycles. The zero-order valence-electron chi connectivity index (χ0n) is 13.3. The number of nitrogens with zero attached hydrogens (tertiary/aromatic N) is 1. The van der Waals surface area contributed by atoms with Gasteiger partial charge in [0.25, 0.3) is 5.91 Å². The van der Waals surface area contributed by atoms with Gasteiger partial charge >= 0.3 is 0 Å². The van der Waals surface area contributed by atoms with Gasteiger partial charge in [0, 0.05) is 24.4 Å². The monoisotopic (exact) mass is 312 g/mol. The molecule has 0 bridgehead atoms. The lowest BCUT2D eigenvalue weighted by atomic mass is 10.0. The highest BCUT2D eigenvalue weighted by molar-refractivity contribution is 5.95. The Morgan fingerprint density at radius 3 is 2.91 bits per heavy atom. The number of nitrogens with one attached hydrogen (secondary N) is 1. The molecule has 1 aliphatic rings. The van der Waals surface area contributed by atoms with E-state index in [-0.39, 0.29) is 12.5 Å². The molecular weight excluding hydrogens is 292 g/mol. The average Bonchev–Trinajstić information content (AvgIpc) is 3.02. The van der Waals surface area contributed by atoms with Crippen LogP contribution in [0.25, 0.3) is 11.1 Å². The fraction of sp³-hybridized carbons (Fsp3) is 0.333. The van der Waals surface area contributed by atoms with Crippen LogP contribution in [-0.4, -0.2) is 34.8 Å². The Labute approximate surface area is 135 Å². The minimum atomic E-state index is -0.669. The second-order valence-corrected chi connectivity index (χ2v) is 6.38. The molecule has 2 N–H and O–H groups in total.